The van der Waals surface area contributed by atoms with E-state index < -0.39 is 0 Å². The molecule has 2 heterocycles. The lowest BCUT2D eigenvalue weighted by Gasteiger charge is -2.12. The van der Waals surface area contributed by atoms with Crippen molar-refractivity contribution in [2.45, 2.75) is 38.6 Å². The molecule has 1 aromatic heterocycles. The minimum absolute atomic E-state index is 0.0866. The number of aromatic nitrogens is 2. The lowest BCUT2D eigenvalue weighted by molar-refractivity contribution is -0.119. The Morgan fingerprint density at radius 3 is 2.89 bits per heavy atom. The Hall–Kier alpha value is -1.85. The van der Waals surface area contributed by atoms with Gasteiger partial charge in [0.05, 0.1) is 0 Å². The van der Waals surface area contributed by atoms with E-state index in [1.54, 1.807) is 0 Å². The van der Waals surface area contributed by atoms with Gasteiger partial charge in [-0.3, -0.25) is 9.59 Å². The van der Waals surface area contributed by atoms with Crippen molar-refractivity contribution >= 4 is 11.7 Å². The molecule has 3 N–H and O–H groups in total. The molecule has 1 saturated heterocycles. The molecule has 2 rings (SSSR count). The number of nitrogens with zero attached hydrogens (tertiary/aromatic N) is 1. The Labute approximate surface area is 105 Å². The fourth-order valence-electron chi connectivity index (χ4n) is 1.90. The maximum absolute atomic E-state index is 11.5. The second-order valence-corrected chi connectivity index (χ2v) is 4.85. The van der Waals surface area contributed by atoms with E-state index in [0.29, 0.717) is 24.6 Å². The molecule has 0 radical (unpaired) electrons. The van der Waals surface area contributed by atoms with Crippen LogP contribution in [0.25, 0.3) is 0 Å². The van der Waals surface area contributed by atoms with Crippen LogP contribution in [0.4, 0.5) is 5.82 Å². The summed E-state index contributed by atoms with van der Waals surface area (Å²) in [6, 6.07) is 1.56. The van der Waals surface area contributed by atoms with Gasteiger partial charge in [0, 0.05) is 31.0 Å². The van der Waals surface area contributed by atoms with E-state index in [4.69, 9.17) is 0 Å². The van der Waals surface area contributed by atoms with Crippen LogP contribution >= 0.6 is 0 Å². The molecule has 6 heteroatoms. The molecule has 1 unspecified atom stereocenters. The quantitative estimate of drug-likeness (QED) is 0.729. The highest BCUT2D eigenvalue weighted by molar-refractivity contribution is 5.78. The maximum atomic E-state index is 11.5. The number of hydrogen-bond donors (Lipinski definition) is 3. The second-order valence-electron chi connectivity index (χ2n) is 4.85. The van der Waals surface area contributed by atoms with Crippen molar-refractivity contribution in [1.29, 1.82) is 0 Å². The van der Waals surface area contributed by atoms with E-state index >= 15 is 0 Å². The lowest BCUT2D eigenvalue weighted by atomic mass is 10.2. The first-order chi connectivity index (χ1) is 8.54. The molecule has 1 aliphatic heterocycles. The van der Waals surface area contributed by atoms with E-state index in [1.165, 1.54) is 6.07 Å². The van der Waals surface area contributed by atoms with Gasteiger partial charge in [0.1, 0.15) is 11.6 Å². The third-order valence-corrected chi connectivity index (χ3v) is 2.92. The van der Waals surface area contributed by atoms with Crippen LogP contribution < -0.4 is 16.2 Å². The highest BCUT2D eigenvalue weighted by Gasteiger charge is 2.20. The zero-order chi connectivity index (χ0) is 13.1. The third kappa shape index (κ3) is 3.09. The average Bonchev–Trinajstić information content (AvgIpc) is 2.72. The number of carbonyl (C=O) groups excluding carboxylic acids is 1. The molecule has 1 atom stereocenters. The fraction of sp³-hybridized carbons (Fsp3) is 0.583. The summed E-state index contributed by atoms with van der Waals surface area (Å²) in [6.45, 7) is 4.54. The predicted octanol–water partition coefficient (Wildman–Crippen LogP) is 0.584. The van der Waals surface area contributed by atoms with Crippen molar-refractivity contribution in [1.82, 2.24) is 15.3 Å². The SMILES string of the molecule is CC(C)c1nc(NCC2CCC(=O)N2)cc(=O)[nH]1. The Kier molecular flexibility index (Phi) is 3.64. The summed E-state index contributed by atoms with van der Waals surface area (Å²) in [5, 5.41) is 5.96. The lowest BCUT2D eigenvalue weighted by Crippen LogP contribution is -2.32. The number of anilines is 1. The fourth-order valence-corrected chi connectivity index (χ4v) is 1.90. The molecule has 98 valence electrons. The summed E-state index contributed by atoms with van der Waals surface area (Å²) in [6.07, 6.45) is 1.40. The smallest absolute Gasteiger partial charge is 0.252 e. The van der Waals surface area contributed by atoms with Gasteiger partial charge in [0.25, 0.3) is 5.56 Å². The summed E-state index contributed by atoms with van der Waals surface area (Å²) < 4.78 is 0. The van der Waals surface area contributed by atoms with Gasteiger partial charge in [0.15, 0.2) is 0 Å². The summed E-state index contributed by atoms with van der Waals surface area (Å²) in [5.74, 6) is 1.48. The van der Waals surface area contributed by atoms with Crippen molar-refractivity contribution in [2.75, 3.05) is 11.9 Å². The van der Waals surface area contributed by atoms with Crippen LogP contribution in [0.15, 0.2) is 10.9 Å². The van der Waals surface area contributed by atoms with Crippen LogP contribution in [-0.2, 0) is 4.79 Å². The summed E-state index contributed by atoms with van der Waals surface area (Å²) in [5.41, 5.74) is -0.161. The minimum atomic E-state index is -0.161. The van der Waals surface area contributed by atoms with Crippen molar-refractivity contribution in [2.24, 2.45) is 0 Å². The van der Waals surface area contributed by atoms with E-state index in [9.17, 15) is 9.59 Å². The van der Waals surface area contributed by atoms with Crippen molar-refractivity contribution in [3.8, 4) is 0 Å². The number of hydrogen-bond acceptors (Lipinski definition) is 4. The topological polar surface area (TPSA) is 86.9 Å². The molecular formula is C12H18N4O2. The Morgan fingerprint density at radius 2 is 2.28 bits per heavy atom. The van der Waals surface area contributed by atoms with Crippen LogP contribution in [0.2, 0.25) is 0 Å². The Morgan fingerprint density at radius 1 is 1.50 bits per heavy atom. The van der Waals surface area contributed by atoms with Gasteiger partial charge in [-0.25, -0.2) is 4.98 Å². The van der Waals surface area contributed by atoms with Gasteiger partial charge in [-0.05, 0) is 6.42 Å². The molecule has 1 amide bonds. The van der Waals surface area contributed by atoms with Crippen LogP contribution in [-0.4, -0.2) is 28.5 Å². The van der Waals surface area contributed by atoms with Gasteiger partial charge in [-0.2, -0.15) is 0 Å². The Bertz CT molecular complexity index is 495. The van der Waals surface area contributed by atoms with Gasteiger partial charge in [-0.15, -0.1) is 0 Å². The number of nitrogens with one attached hydrogen (secondary N) is 3. The van der Waals surface area contributed by atoms with Gasteiger partial charge < -0.3 is 15.6 Å². The molecule has 0 aromatic carbocycles. The van der Waals surface area contributed by atoms with Crippen molar-refractivity contribution in [3.05, 3.63) is 22.2 Å². The molecule has 6 nitrogen and oxygen atoms in total. The average molecular weight is 250 g/mol. The molecule has 1 aliphatic rings. The first-order valence-electron chi connectivity index (χ1n) is 6.19. The zero-order valence-electron chi connectivity index (χ0n) is 10.6. The molecule has 0 bridgehead atoms. The van der Waals surface area contributed by atoms with E-state index in [-0.39, 0.29) is 23.4 Å². The first kappa shape index (κ1) is 12.6. The number of carbonyl (C=O) groups is 1. The molecule has 0 aliphatic carbocycles. The standard InChI is InChI=1S/C12H18N4O2/c1-7(2)12-15-9(5-11(18)16-12)13-6-8-3-4-10(17)14-8/h5,7-8H,3-4,6H2,1-2H3,(H,14,17)(H2,13,15,16,18). The van der Waals surface area contributed by atoms with Crippen molar-refractivity contribution in [3.63, 3.8) is 0 Å². The Balaban J connectivity index is 2.00. The number of rotatable bonds is 4. The molecule has 0 spiro atoms. The van der Waals surface area contributed by atoms with Gasteiger partial charge >= 0.3 is 0 Å². The predicted molar refractivity (Wildman–Crippen MR) is 68.6 cm³/mol. The third-order valence-electron chi connectivity index (χ3n) is 2.92. The molecule has 1 aromatic rings. The van der Waals surface area contributed by atoms with Crippen LogP contribution in [0.3, 0.4) is 0 Å². The molecule has 18 heavy (non-hydrogen) atoms. The largest absolute Gasteiger partial charge is 0.368 e. The van der Waals surface area contributed by atoms with Crippen LogP contribution in [0, 0.1) is 0 Å². The zero-order valence-corrected chi connectivity index (χ0v) is 10.6. The van der Waals surface area contributed by atoms with Gasteiger partial charge in [-0.1, -0.05) is 13.8 Å². The highest BCUT2D eigenvalue weighted by atomic mass is 16.2. The number of amides is 1. The second kappa shape index (κ2) is 5.20. The minimum Gasteiger partial charge on any atom is -0.368 e. The number of aromatic amines is 1. The summed E-state index contributed by atoms with van der Waals surface area (Å²) >= 11 is 0. The first-order valence-corrected chi connectivity index (χ1v) is 6.19. The van der Waals surface area contributed by atoms with Gasteiger partial charge in [0.2, 0.25) is 5.91 Å². The van der Waals surface area contributed by atoms with E-state index in [0.717, 1.165) is 6.42 Å². The molecular weight excluding hydrogens is 232 g/mol. The van der Waals surface area contributed by atoms with Crippen LogP contribution in [0.5, 0.6) is 0 Å². The van der Waals surface area contributed by atoms with Crippen molar-refractivity contribution < 1.29 is 4.79 Å². The molecule has 1 fully saturated rings. The summed E-state index contributed by atoms with van der Waals surface area (Å²) in [7, 11) is 0. The summed E-state index contributed by atoms with van der Waals surface area (Å²) in [4.78, 5) is 29.6. The maximum Gasteiger partial charge on any atom is 0.252 e. The van der Waals surface area contributed by atoms with Crippen LogP contribution in [0.1, 0.15) is 38.4 Å². The monoisotopic (exact) mass is 250 g/mol. The molecule has 0 saturated carbocycles. The normalized spacial score (nSPS) is 19.1. The highest BCUT2D eigenvalue weighted by Crippen LogP contribution is 2.10. The van der Waals surface area contributed by atoms with E-state index in [2.05, 4.69) is 20.6 Å². The number of H-pyrrole nitrogens is 1. The van der Waals surface area contributed by atoms with E-state index in [1.807, 2.05) is 13.8 Å².